The van der Waals surface area contributed by atoms with Gasteiger partial charge in [0.05, 0.1) is 13.3 Å². The molecule has 0 unspecified atom stereocenters. The van der Waals surface area contributed by atoms with Gasteiger partial charge in [0.25, 0.3) is 11.8 Å². The number of benzene rings is 1. The van der Waals surface area contributed by atoms with Gasteiger partial charge in [0.1, 0.15) is 11.4 Å². The summed E-state index contributed by atoms with van der Waals surface area (Å²) in [6.45, 7) is 1.26. The summed E-state index contributed by atoms with van der Waals surface area (Å²) in [5, 5.41) is 4.10. The molecule has 0 saturated carbocycles. The zero-order valence-electron chi connectivity index (χ0n) is 14.9. The lowest BCUT2D eigenvalue weighted by Gasteiger charge is -2.31. The fourth-order valence-corrected chi connectivity index (χ4v) is 3.23. The van der Waals surface area contributed by atoms with Crippen LogP contribution in [-0.4, -0.2) is 51.1 Å². The molecule has 3 heterocycles. The lowest BCUT2D eigenvalue weighted by Crippen LogP contribution is -2.39. The predicted molar refractivity (Wildman–Crippen MR) is 96.2 cm³/mol. The van der Waals surface area contributed by atoms with Gasteiger partial charge in [0.2, 0.25) is 0 Å². The zero-order valence-corrected chi connectivity index (χ0v) is 14.9. The molecular formula is C19H19N5O3. The highest BCUT2D eigenvalue weighted by Crippen LogP contribution is 2.27. The van der Waals surface area contributed by atoms with E-state index in [1.54, 1.807) is 37.8 Å². The van der Waals surface area contributed by atoms with E-state index in [2.05, 4.69) is 20.1 Å². The predicted octanol–water partition coefficient (Wildman–Crippen LogP) is 2.56. The van der Waals surface area contributed by atoms with Crippen LogP contribution in [0, 0.1) is 0 Å². The van der Waals surface area contributed by atoms with Crippen molar-refractivity contribution in [3.05, 3.63) is 54.2 Å². The first kappa shape index (κ1) is 17.1. The molecule has 3 aromatic rings. The minimum Gasteiger partial charge on any atom is -0.497 e. The third kappa shape index (κ3) is 3.64. The molecule has 1 amide bonds. The van der Waals surface area contributed by atoms with Crippen molar-refractivity contribution in [2.24, 2.45) is 0 Å². The highest BCUT2D eigenvalue weighted by Gasteiger charge is 2.29. The zero-order chi connectivity index (χ0) is 18.6. The molecule has 1 fully saturated rings. The molecule has 0 bridgehead atoms. The summed E-state index contributed by atoms with van der Waals surface area (Å²) in [6, 6.07) is 7.20. The van der Waals surface area contributed by atoms with Gasteiger partial charge in [0.15, 0.2) is 5.82 Å². The summed E-state index contributed by atoms with van der Waals surface area (Å²) in [5.41, 5.74) is 1.15. The van der Waals surface area contributed by atoms with Gasteiger partial charge in [0, 0.05) is 37.0 Å². The maximum atomic E-state index is 12.9. The van der Waals surface area contributed by atoms with E-state index in [1.165, 1.54) is 0 Å². The van der Waals surface area contributed by atoms with Gasteiger partial charge in [-0.1, -0.05) is 11.2 Å². The van der Waals surface area contributed by atoms with Gasteiger partial charge in [-0.25, -0.2) is 4.98 Å². The SMILES string of the molecule is COc1cccc(C(=O)N2CCC[C@@H](c3noc(-c4cnccn4)n3)C2)c1. The van der Waals surface area contributed by atoms with Crippen LogP contribution in [0.4, 0.5) is 0 Å². The van der Waals surface area contributed by atoms with Crippen LogP contribution in [0.2, 0.25) is 0 Å². The third-order valence-electron chi connectivity index (χ3n) is 4.61. The molecule has 1 atom stereocenters. The topological polar surface area (TPSA) is 94.2 Å². The van der Waals surface area contributed by atoms with Crippen LogP contribution in [0.5, 0.6) is 5.75 Å². The Morgan fingerprint density at radius 1 is 1.33 bits per heavy atom. The van der Waals surface area contributed by atoms with Crippen LogP contribution in [0.25, 0.3) is 11.6 Å². The van der Waals surface area contributed by atoms with E-state index in [9.17, 15) is 4.79 Å². The van der Waals surface area contributed by atoms with Crippen molar-refractivity contribution in [3.63, 3.8) is 0 Å². The van der Waals surface area contributed by atoms with Gasteiger partial charge in [-0.15, -0.1) is 0 Å². The lowest BCUT2D eigenvalue weighted by atomic mass is 9.96. The number of rotatable bonds is 4. The number of aromatic nitrogens is 4. The first-order chi connectivity index (χ1) is 13.2. The fourth-order valence-electron chi connectivity index (χ4n) is 3.23. The van der Waals surface area contributed by atoms with E-state index < -0.39 is 0 Å². The van der Waals surface area contributed by atoms with E-state index in [-0.39, 0.29) is 11.8 Å². The number of piperidine rings is 1. The van der Waals surface area contributed by atoms with E-state index in [0.29, 0.717) is 41.8 Å². The maximum absolute atomic E-state index is 12.9. The van der Waals surface area contributed by atoms with E-state index in [4.69, 9.17) is 9.26 Å². The Morgan fingerprint density at radius 2 is 2.26 bits per heavy atom. The van der Waals surface area contributed by atoms with E-state index >= 15 is 0 Å². The summed E-state index contributed by atoms with van der Waals surface area (Å²) in [6.07, 6.45) is 6.53. The molecule has 1 saturated heterocycles. The molecule has 0 radical (unpaired) electrons. The van der Waals surface area contributed by atoms with Crippen molar-refractivity contribution in [2.75, 3.05) is 20.2 Å². The van der Waals surface area contributed by atoms with Crippen LogP contribution < -0.4 is 4.74 Å². The maximum Gasteiger partial charge on any atom is 0.278 e. The van der Waals surface area contributed by atoms with Crippen LogP contribution in [0.3, 0.4) is 0 Å². The largest absolute Gasteiger partial charge is 0.497 e. The van der Waals surface area contributed by atoms with E-state index in [1.807, 2.05) is 17.0 Å². The lowest BCUT2D eigenvalue weighted by molar-refractivity contribution is 0.0703. The smallest absolute Gasteiger partial charge is 0.278 e. The number of likely N-dealkylation sites (tertiary alicyclic amines) is 1. The molecule has 138 valence electrons. The molecule has 4 rings (SSSR count). The Kier molecular flexibility index (Phi) is 4.78. The summed E-state index contributed by atoms with van der Waals surface area (Å²) >= 11 is 0. The Morgan fingerprint density at radius 3 is 3.07 bits per heavy atom. The normalized spacial score (nSPS) is 16.9. The van der Waals surface area contributed by atoms with Crippen molar-refractivity contribution >= 4 is 5.91 Å². The molecule has 27 heavy (non-hydrogen) atoms. The summed E-state index contributed by atoms with van der Waals surface area (Å²) in [5.74, 6) is 1.62. The van der Waals surface area contributed by atoms with Crippen molar-refractivity contribution in [1.82, 2.24) is 25.0 Å². The van der Waals surface area contributed by atoms with Gasteiger partial charge in [-0.2, -0.15) is 4.98 Å². The number of hydrogen-bond donors (Lipinski definition) is 0. The highest BCUT2D eigenvalue weighted by atomic mass is 16.5. The van der Waals surface area contributed by atoms with Crippen molar-refractivity contribution in [3.8, 4) is 17.3 Å². The molecule has 1 aliphatic rings. The Balaban J connectivity index is 1.50. The number of carbonyl (C=O) groups excluding carboxylic acids is 1. The van der Waals surface area contributed by atoms with E-state index in [0.717, 1.165) is 12.8 Å². The Bertz CT molecular complexity index is 928. The van der Waals surface area contributed by atoms with Gasteiger partial charge in [-0.05, 0) is 31.0 Å². The molecule has 1 aliphatic heterocycles. The second kappa shape index (κ2) is 7.53. The number of methoxy groups -OCH3 is 1. The first-order valence-corrected chi connectivity index (χ1v) is 8.78. The second-order valence-corrected chi connectivity index (χ2v) is 6.37. The monoisotopic (exact) mass is 365 g/mol. The van der Waals surface area contributed by atoms with Crippen molar-refractivity contribution < 1.29 is 14.1 Å². The van der Waals surface area contributed by atoms with Crippen LogP contribution >= 0.6 is 0 Å². The number of ether oxygens (including phenoxy) is 1. The number of carbonyl (C=O) groups is 1. The van der Waals surface area contributed by atoms with Gasteiger partial charge >= 0.3 is 0 Å². The van der Waals surface area contributed by atoms with Crippen molar-refractivity contribution in [2.45, 2.75) is 18.8 Å². The minimum atomic E-state index is -0.0174. The van der Waals surface area contributed by atoms with Gasteiger partial charge < -0.3 is 14.2 Å². The minimum absolute atomic E-state index is 0.0174. The van der Waals surface area contributed by atoms with Crippen LogP contribution in [-0.2, 0) is 0 Å². The number of nitrogens with zero attached hydrogens (tertiary/aromatic N) is 5. The molecule has 0 spiro atoms. The van der Waals surface area contributed by atoms with Crippen LogP contribution in [0.15, 0.2) is 47.4 Å². The first-order valence-electron chi connectivity index (χ1n) is 8.78. The summed E-state index contributed by atoms with van der Waals surface area (Å²) in [7, 11) is 1.59. The standard InChI is InChI=1S/C19H19N5O3/c1-26-15-6-2-4-13(10-15)19(25)24-9-3-5-14(12-24)17-22-18(27-23-17)16-11-20-7-8-21-16/h2,4,6-8,10-11,14H,3,5,9,12H2,1H3/t14-/m1/s1. The average Bonchev–Trinajstić information content (AvgIpc) is 3.24. The summed E-state index contributed by atoms with van der Waals surface area (Å²) < 4.78 is 10.5. The highest BCUT2D eigenvalue weighted by molar-refractivity contribution is 5.94. The van der Waals surface area contributed by atoms with Gasteiger partial charge in [-0.3, -0.25) is 9.78 Å². The molecule has 0 N–H and O–H groups in total. The molecule has 2 aromatic heterocycles. The number of amides is 1. The molecular weight excluding hydrogens is 346 g/mol. The number of hydrogen-bond acceptors (Lipinski definition) is 7. The van der Waals surface area contributed by atoms with Crippen LogP contribution in [0.1, 0.15) is 34.9 Å². The molecule has 8 nitrogen and oxygen atoms in total. The molecule has 1 aromatic carbocycles. The Hall–Kier alpha value is -3.29. The molecule has 8 heteroatoms. The quantitative estimate of drug-likeness (QED) is 0.701. The fraction of sp³-hybridized carbons (Fsp3) is 0.316. The molecule has 0 aliphatic carbocycles. The van der Waals surface area contributed by atoms with Crippen molar-refractivity contribution in [1.29, 1.82) is 0 Å². The third-order valence-corrected chi connectivity index (χ3v) is 4.61. The average molecular weight is 365 g/mol. The Labute approximate surface area is 156 Å². The second-order valence-electron chi connectivity index (χ2n) is 6.37. The summed E-state index contributed by atoms with van der Waals surface area (Å²) in [4.78, 5) is 27.3.